The van der Waals surface area contributed by atoms with Gasteiger partial charge in [0.15, 0.2) is 5.17 Å². The highest BCUT2D eigenvalue weighted by Gasteiger charge is 2.57. The van der Waals surface area contributed by atoms with Crippen molar-refractivity contribution in [3.63, 3.8) is 0 Å². The molecule has 2 atom stereocenters. The molecule has 3 rings (SSSR count). The van der Waals surface area contributed by atoms with Crippen molar-refractivity contribution in [1.82, 2.24) is 0 Å². The number of hydrogen-bond donors (Lipinski definition) is 1. The lowest BCUT2D eigenvalue weighted by Gasteiger charge is -2.14. The Bertz CT molecular complexity index is 548. The Morgan fingerprint density at radius 2 is 2.39 bits per heavy atom. The lowest BCUT2D eigenvalue weighted by atomic mass is 10.0. The van der Waals surface area contributed by atoms with Gasteiger partial charge in [-0.15, -0.1) is 4.91 Å². The highest BCUT2D eigenvalue weighted by atomic mass is 35.5. The zero-order valence-corrected chi connectivity index (χ0v) is 11.2. The normalized spacial score (nSPS) is 30.1. The van der Waals surface area contributed by atoms with E-state index in [1.165, 1.54) is 0 Å². The van der Waals surface area contributed by atoms with Gasteiger partial charge in [-0.3, -0.25) is 4.99 Å². The van der Waals surface area contributed by atoms with E-state index in [-0.39, 0.29) is 5.54 Å². The van der Waals surface area contributed by atoms with Crippen molar-refractivity contribution in [3.05, 3.63) is 33.7 Å². The SMILES string of the molecule is NC1=N[C@@]2(c3cc(N=O)ccc3Cl)C[C@H]2CCS1. The third kappa shape index (κ3) is 1.82. The molecule has 0 spiro atoms. The highest BCUT2D eigenvalue weighted by molar-refractivity contribution is 8.13. The fourth-order valence-electron chi connectivity index (χ4n) is 2.62. The van der Waals surface area contributed by atoms with E-state index < -0.39 is 0 Å². The van der Waals surface area contributed by atoms with Gasteiger partial charge < -0.3 is 5.73 Å². The van der Waals surface area contributed by atoms with Crippen molar-refractivity contribution < 1.29 is 0 Å². The molecule has 1 aliphatic heterocycles. The summed E-state index contributed by atoms with van der Waals surface area (Å²) in [5.74, 6) is 1.47. The fraction of sp³-hybridized carbons (Fsp3) is 0.417. The minimum atomic E-state index is -0.314. The molecule has 0 unspecified atom stereocenters. The topological polar surface area (TPSA) is 67.8 Å². The summed E-state index contributed by atoms with van der Waals surface area (Å²) >= 11 is 7.82. The predicted molar refractivity (Wildman–Crippen MR) is 75.4 cm³/mol. The summed E-state index contributed by atoms with van der Waals surface area (Å²) in [6.45, 7) is 0. The van der Waals surface area contributed by atoms with E-state index in [4.69, 9.17) is 17.3 Å². The standard InChI is InChI=1S/C12H12ClN3OS/c13-10-2-1-8(16-17)5-9(10)12-6-7(12)3-4-18-11(14)15-12/h1-2,5,7H,3-4,6H2,(H2,14,15)/t7-,12+/m1/s1. The summed E-state index contributed by atoms with van der Waals surface area (Å²) in [4.78, 5) is 15.3. The molecular weight excluding hydrogens is 270 g/mol. The first-order valence-electron chi connectivity index (χ1n) is 5.77. The smallest absolute Gasteiger partial charge is 0.154 e. The Kier molecular flexibility index (Phi) is 2.83. The Morgan fingerprint density at radius 3 is 3.17 bits per heavy atom. The maximum atomic E-state index is 10.6. The van der Waals surface area contributed by atoms with Crippen LogP contribution in [0.5, 0.6) is 0 Å². The van der Waals surface area contributed by atoms with Crippen LogP contribution in [0.2, 0.25) is 5.02 Å². The quantitative estimate of drug-likeness (QED) is 0.845. The number of fused-ring (bicyclic) bond motifs is 1. The first kappa shape index (κ1) is 12.0. The predicted octanol–water partition coefficient (Wildman–Crippen LogP) is 3.40. The van der Waals surface area contributed by atoms with E-state index in [0.29, 0.717) is 21.8 Å². The molecule has 1 aromatic rings. The van der Waals surface area contributed by atoms with Crippen LogP contribution < -0.4 is 5.73 Å². The molecule has 0 aromatic heterocycles. The van der Waals surface area contributed by atoms with Crippen LogP contribution in [0.1, 0.15) is 18.4 Å². The van der Waals surface area contributed by atoms with Gasteiger partial charge >= 0.3 is 0 Å². The number of rotatable bonds is 2. The van der Waals surface area contributed by atoms with Gasteiger partial charge in [0.1, 0.15) is 5.69 Å². The van der Waals surface area contributed by atoms with E-state index in [1.807, 2.05) is 0 Å². The average molecular weight is 282 g/mol. The van der Waals surface area contributed by atoms with Gasteiger partial charge in [0.05, 0.1) is 5.54 Å². The van der Waals surface area contributed by atoms with Crippen molar-refractivity contribution in [2.75, 3.05) is 5.75 Å². The van der Waals surface area contributed by atoms with Crippen LogP contribution >= 0.6 is 23.4 Å². The van der Waals surface area contributed by atoms with Gasteiger partial charge in [0.2, 0.25) is 0 Å². The van der Waals surface area contributed by atoms with Crippen LogP contribution in [0.3, 0.4) is 0 Å². The second-order valence-corrected chi connectivity index (χ2v) is 6.19. The molecule has 0 saturated heterocycles. The lowest BCUT2D eigenvalue weighted by Crippen LogP contribution is -2.13. The summed E-state index contributed by atoms with van der Waals surface area (Å²) in [7, 11) is 0. The van der Waals surface area contributed by atoms with E-state index in [0.717, 1.165) is 24.2 Å². The van der Waals surface area contributed by atoms with E-state index >= 15 is 0 Å². The number of nitrogens with two attached hydrogens (primary N) is 1. The molecule has 1 aliphatic carbocycles. The van der Waals surface area contributed by atoms with Crippen LogP contribution in [0.25, 0.3) is 0 Å². The number of nitroso groups, excluding NO2 is 1. The summed E-state index contributed by atoms with van der Waals surface area (Å²) in [6.07, 6.45) is 2.03. The maximum absolute atomic E-state index is 10.6. The van der Waals surface area contributed by atoms with Gasteiger partial charge in [-0.2, -0.15) is 0 Å². The summed E-state index contributed by atoms with van der Waals surface area (Å²) in [5, 5.41) is 4.21. The number of amidine groups is 1. The first-order chi connectivity index (χ1) is 8.65. The molecule has 1 saturated carbocycles. The minimum absolute atomic E-state index is 0.314. The number of halogens is 1. The van der Waals surface area contributed by atoms with Gasteiger partial charge in [0.25, 0.3) is 0 Å². The number of hydrogen-bond acceptors (Lipinski definition) is 5. The second kappa shape index (κ2) is 4.24. The van der Waals surface area contributed by atoms with Crippen LogP contribution in [0, 0.1) is 10.8 Å². The Morgan fingerprint density at radius 1 is 1.56 bits per heavy atom. The zero-order chi connectivity index (χ0) is 12.8. The maximum Gasteiger partial charge on any atom is 0.154 e. The highest BCUT2D eigenvalue weighted by Crippen LogP contribution is 2.60. The number of thioether (sulfide) groups is 1. The molecule has 2 N–H and O–H groups in total. The summed E-state index contributed by atoms with van der Waals surface area (Å²) in [6, 6.07) is 5.06. The summed E-state index contributed by atoms with van der Waals surface area (Å²) < 4.78 is 0. The van der Waals surface area contributed by atoms with Gasteiger partial charge in [-0.25, -0.2) is 0 Å². The first-order valence-corrected chi connectivity index (χ1v) is 7.13. The second-order valence-electron chi connectivity index (χ2n) is 4.67. The van der Waals surface area contributed by atoms with E-state index in [2.05, 4.69) is 10.2 Å². The molecule has 94 valence electrons. The zero-order valence-electron chi connectivity index (χ0n) is 9.60. The van der Waals surface area contributed by atoms with Crippen LogP contribution in [0.4, 0.5) is 5.69 Å². The van der Waals surface area contributed by atoms with Crippen LogP contribution in [-0.4, -0.2) is 10.9 Å². The monoisotopic (exact) mass is 281 g/mol. The van der Waals surface area contributed by atoms with Crippen LogP contribution in [-0.2, 0) is 5.54 Å². The van der Waals surface area contributed by atoms with Crippen molar-refractivity contribution in [1.29, 1.82) is 0 Å². The number of aliphatic imine (C=N–C) groups is 1. The van der Waals surface area contributed by atoms with Gasteiger partial charge in [-0.1, -0.05) is 23.4 Å². The average Bonchev–Trinajstić information content (AvgIpc) is 3.04. The fourth-order valence-corrected chi connectivity index (χ4v) is 3.74. The van der Waals surface area contributed by atoms with Gasteiger partial charge in [-0.05, 0) is 42.1 Å². The molecule has 18 heavy (non-hydrogen) atoms. The van der Waals surface area contributed by atoms with Gasteiger partial charge in [0, 0.05) is 16.3 Å². The van der Waals surface area contributed by atoms with Crippen molar-refractivity contribution in [2.24, 2.45) is 21.8 Å². The molecule has 1 heterocycles. The Hall–Kier alpha value is -1.07. The third-order valence-corrected chi connectivity index (χ3v) is 4.78. The number of nitrogens with zero attached hydrogens (tertiary/aromatic N) is 2. The molecule has 1 fully saturated rings. The molecular formula is C12H12ClN3OS. The van der Waals surface area contributed by atoms with E-state index in [9.17, 15) is 4.91 Å². The third-order valence-electron chi connectivity index (χ3n) is 3.62. The molecule has 0 amide bonds. The van der Waals surface area contributed by atoms with Crippen molar-refractivity contribution >= 4 is 34.2 Å². The molecule has 1 aromatic carbocycles. The Balaban J connectivity index is 2.09. The van der Waals surface area contributed by atoms with Crippen molar-refractivity contribution in [2.45, 2.75) is 18.4 Å². The van der Waals surface area contributed by atoms with Crippen molar-refractivity contribution in [3.8, 4) is 0 Å². The van der Waals surface area contributed by atoms with Crippen LogP contribution in [0.15, 0.2) is 28.4 Å². The molecule has 0 radical (unpaired) electrons. The number of benzene rings is 1. The molecule has 6 heteroatoms. The molecule has 4 nitrogen and oxygen atoms in total. The Labute approximate surface area is 114 Å². The lowest BCUT2D eigenvalue weighted by molar-refractivity contribution is 0.626. The van der Waals surface area contributed by atoms with E-state index in [1.54, 1.807) is 30.0 Å². The largest absolute Gasteiger partial charge is 0.379 e. The minimum Gasteiger partial charge on any atom is -0.379 e. The summed E-state index contributed by atoms with van der Waals surface area (Å²) in [5.41, 5.74) is 6.84. The molecule has 0 bridgehead atoms. The molecule has 2 aliphatic rings.